The SMILES string of the molecule is CS(=O)(=O)N1CCc2cc(C(=O)COC(=O)c3ccc(F)cc3)ccc21. The Balaban J connectivity index is 1.68. The lowest BCUT2D eigenvalue weighted by Crippen LogP contribution is -2.27. The van der Waals surface area contributed by atoms with E-state index in [0.29, 0.717) is 24.2 Å². The predicted molar refractivity (Wildman–Crippen MR) is 93.3 cm³/mol. The van der Waals surface area contributed by atoms with Crippen molar-refractivity contribution in [3.8, 4) is 0 Å². The maximum absolute atomic E-state index is 12.8. The highest BCUT2D eigenvalue weighted by atomic mass is 32.2. The number of nitrogens with zero attached hydrogens (tertiary/aromatic N) is 1. The third-order valence-electron chi connectivity index (χ3n) is 4.07. The van der Waals surface area contributed by atoms with Crippen molar-refractivity contribution in [2.75, 3.05) is 23.7 Å². The molecule has 3 rings (SSSR count). The van der Waals surface area contributed by atoms with Crippen LogP contribution in [0, 0.1) is 5.82 Å². The number of carbonyl (C=O) groups excluding carboxylic acids is 2. The molecule has 1 aliphatic rings. The van der Waals surface area contributed by atoms with Gasteiger partial charge in [0.15, 0.2) is 12.4 Å². The molecule has 136 valence electrons. The number of ketones is 1. The Morgan fingerprint density at radius 3 is 2.42 bits per heavy atom. The topological polar surface area (TPSA) is 80.8 Å². The third-order valence-corrected chi connectivity index (χ3v) is 5.25. The molecule has 0 amide bonds. The molecule has 6 nitrogen and oxygen atoms in total. The predicted octanol–water partition coefficient (Wildman–Crippen LogP) is 2.19. The van der Waals surface area contributed by atoms with Gasteiger partial charge in [-0.2, -0.15) is 0 Å². The molecule has 2 aromatic carbocycles. The second-order valence-electron chi connectivity index (χ2n) is 5.93. The first-order chi connectivity index (χ1) is 12.3. The number of ether oxygens (including phenoxy) is 1. The molecule has 0 fully saturated rings. The Morgan fingerprint density at radius 1 is 1.12 bits per heavy atom. The van der Waals surface area contributed by atoms with Crippen LogP contribution in [-0.4, -0.2) is 39.6 Å². The molecule has 0 saturated carbocycles. The number of carbonyl (C=O) groups is 2. The van der Waals surface area contributed by atoms with Crippen LogP contribution in [0.15, 0.2) is 42.5 Å². The van der Waals surface area contributed by atoms with Crippen molar-refractivity contribution in [2.45, 2.75) is 6.42 Å². The molecule has 0 unspecified atom stereocenters. The highest BCUT2D eigenvalue weighted by Gasteiger charge is 2.26. The number of sulfonamides is 1. The van der Waals surface area contributed by atoms with E-state index in [4.69, 9.17) is 4.74 Å². The van der Waals surface area contributed by atoms with Crippen molar-refractivity contribution in [1.29, 1.82) is 0 Å². The van der Waals surface area contributed by atoms with E-state index in [0.717, 1.165) is 24.0 Å². The summed E-state index contributed by atoms with van der Waals surface area (Å²) >= 11 is 0. The number of halogens is 1. The number of esters is 1. The van der Waals surface area contributed by atoms with Crippen molar-refractivity contribution in [1.82, 2.24) is 0 Å². The van der Waals surface area contributed by atoms with E-state index in [2.05, 4.69) is 0 Å². The van der Waals surface area contributed by atoms with E-state index in [9.17, 15) is 22.4 Å². The minimum atomic E-state index is -3.35. The van der Waals surface area contributed by atoms with Gasteiger partial charge in [0.1, 0.15) is 5.82 Å². The van der Waals surface area contributed by atoms with Gasteiger partial charge in [0, 0.05) is 12.1 Å². The molecule has 1 heterocycles. The van der Waals surface area contributed by atoms with E-state index in [1.165, 1.54) is 22.5 Å². The minimum absolute atomic E-state index is 0.150. The average Bonchev–Trinajstić information content (AvgIpc) is 3.03. The van der Waals surface area contributed by atoms with Gasteiger partial charge in [0.25, 0.3) is 0 Å². The lowest BCUT2D eigenvalue weighted by Gasteiger charge is -2.16. The number of benzene rings is 2. The second-order valence-corrected chi connectivity index (χ2v) is 7.84. The summed E-state index contributed by atoms with van der Waals surface area (Å²) in [7, 11) is -3.35. The Bertz CT molecular complexity index is 970. The molecule has 0 spiro atoms. The summed E-state index contributed by atoms with van der Waals surface area (Å²) in [5, 5.41) is 0. The molecule has 0 aromatic heterocycles. The molecule has 0 saturated heterocycles. The molecule has 0 aliphatic carbocycles. The highest BCUT2D eigenvalue weighted by Crippen LogP contribution is 2.30. The van der Waals surface area contributed by atoms with Crippen LogP contribution < -0.4 is 4.31 Å². The second kappa shape index (κ2) is 6.87. The standard InChI is InChI=1S/C18H16FNO5S/c1-26(23,24)20-9-8-13-10-14(4-7-16(13)20)17(21)11-25-18(22)12-2-5-15(19)6-3-12/h2-7,10H,8-9,11H2,1H3. The smallest absolute Gasteiger partial charge is 0.338 e. The zero-order chi connectivity index (χ0) is 18.9. The van der Waals surface area contributed by atoms with Crippen molar-refractivity contribution >= 4 is 27.5 Å². The molecule has 26 heavy (non-hydrogen) atoms. The van der Waals surface area contributed by atoms with Crippen LogP contribution in [0.1, 0.15) is 26.3 Å². The summed E-state index contributed by atoms with van der Waals surface area (Å²) in [6.45, 7) is -0.115. The summed E-state index contributed by atoms with van der Waals surface area (Å²) in [6.07, 6.45) is 1.65. The van der Waals surface area contributed by atoms with Crippen LogP contribution in [-0.2, 0) is 21.2 Å². The zero-order valence-corrected chi connectivity index (χ0v) is 14.8. The fourth-order valence-corrected chi connectivity index (χ4v) is 3.73. The van der Waals surface area contributed by atoms with E-state index in [1.807, 2.05) is 0 Å². The number of rotatable bonds is 5. The van der Waals surface area contributed by atoms with Crippen LogP contribution in [0.2, 0.25) is 0 Å². The number of hydrogen-bond donors (Lipinski definition) is 0. The van der Waals surface area contributed by atoms with E-state index >= 15 is 0 Å². The largest absolute Gasteiger partial charge is 0.454 e. The van der Waals surface area contributed by atoms with Gasteiger partial charge in [-0.05, 0) is 54.4 Å². The molecule has 0 N–H and O–H groups in total. The zero-order valence-electron chi connectivity index (χ0n) is 13.9. The van der Waals surface area contributed by atoms with Crippen molar-refractivity contribution in [3.05, 3.63) is 65.0 Å². The van der Waals surface area contributed by atoms with Crippen LogP contribution >= 0.6 is 0 Å². The third kappa shape index (κ3) is 3.75. The fraction of sp³-hybridized carbons (Fsp3) is 0.222. The van der Waals surface area contributed by atoms with Crippen LogP contribution in [0.3, 0.4) is 0 Å². The monoisotopic (exact) mass is 377 g/mol. The first-order valence-corrected chi connectivity index (χ1v) is 9.67. The molecular formula is C18H16FNO5S. The summed E-state index contributed by atoms with van der Waals surface area (Å²) < 4.78 is 42.6. The number of fused-ring (bicyclic) bond motifs is 1. The van der Waals surface area contributed by atoms with Gasteiger partial charge < -0.3 is 4.74 Å². The van der Waals surface area contributed by atoms with Crippen molar-refractivity contribution in [3.63, 3.8) is 0 Å². The Hall–Kier alpha value is -2.74. The van der Waals surface area contributed by atoms with Gasteiger partial charge in [-0.25, -0.2) is 17.6 Å². The molecule has 0 atom stereocenters. The van der Waals surface area contributed by atoms with E-state index < -0.39 is 34.2 Å². The summed E-state index contributed by atoms with van der Waals surface area (Å²) in [4.78, 5) is 24.1. The Morgan fingerprint density at radius 2 is 1.77 bits per heavy atom. The summed E-state index contributed by atoms with van der Waals surface area (Å²) in [5.74, 6) is -1.59. The summed E-state index contributed by atoms with van der Waals surface area (Å²) in [6, 6.07) is 9.52. The molecular weight excluding hydrogens is 361 g/mol. The first kappa shape index (κ1) is 18.1. The van der Waals surface area contributed by atoms with Gasteiger partial charge in [-0.15, -0.1) is 0 Å². The van der Waals surface area contributed by atoms with E-state index in [1.54, 1.807) is 12.1 Å². The van der Waals surface area contributed by atoms with Gasteiger partial charge in [0.2, 0.25) is 10.0 Å². The Labute approximate surface area is 150 Å². The number of anilines is 1. The molecule has 2 aromatic rings. The van der Waals surface area contributed by atoms with Crippen molar-refractivity contribution in [2.24, 2.45) is 0 Å². The molecule has 1 aliphatic heterocycles. The van der Waals surface area contributed by atoms with Gasteiger partial charge in [0.05, 0.1) is 17.5 Å². The molecule has 8 heteroatoms. The van der Waals surface area contributed by atoms with E-state index in [-0.39, 0.29) is 5.56 Å². The minimum Gasteiger partial charge on any atom is -0.454 e. The normalized spacial score (nSPS) is 13.4. The average molecular weight is 377 g/mol. The summed E-state index contributed by atoms with van der Waals surface area (Å²) in [5.41, 5.74) is 1.81. The fourth-order valence-electron chi connectivity index (χ4n) is 2.77. The van der Waals surface area contributed by atoms with Crippen LogP contribution in [0.5, 0.6) is 0 Å². The quantitative estimate of drug-likeness (QED) is 0.589. The lowest BCUT2D eigenvalue weighted by atomic mass is 10.1. The van der Waals surface area contributed by atoms with Crippen LogP contribution in [0.4, 0.5) is 10.1 Å². The van der Waals surface area contributed by atoms with Gasteiger partial charge >= 0.3 is 5.97 Å². The van der Waals surface area contributed by atoms with Crippen molar-refractivity contribution < 1.29 is 27.1 Å². The first-order valence-electron chi connectivity index (χ1n) is 7.82. The van der Waals surface area contributed by atoms with Gasteiger partial charge in [-0.1, -0.05) is 0 Å². The Kier molecular flexibility index (Phi) is 4.78. The molecule has 0 bridgehead atoms. The highest BCUT2D eigenvalue weighted by molar-refractivity contribution is 7.92. The maximum Gasteiger partial charge on any atom is 0.338 e. The molecule has 0 radical (unpaired) electrons. The van der Waals surface area contributed by atoms with Crippen LogP contribution in [0.25, 0.3) is 0 Å². The number of Topliss-reactive ketones (excluding diaryl/α,β-unsaturated/α-hetero) is 1. The number of hydrogen-bond acceptors (Lipinski definition) is 5. The van der Waals surface area contributed by atoms with Gasteiger partial charge in [-0.3, -0.25) is 9.10 Å². The maximum atomic E-state index is 12.8. The lowest BCUT2D eigenvalue weighted by molar-refractivity contribution is 0.0474.